The first kappa shape index (κ1) is 21.7. The van der Waals surface area contributed by atoms with Crippen LogP contribution in [0.15, 0.2) is 60.7 Å². The molecule has 0 bridgehead atoms. The summed E-state index contributed by atoms with van der Waals surface area (Å²) in [5.41, 5.74) is 1.90. The van der Waals surface area contributed by atoms with Gasteiger partial charge in [-0.2, -0.15) is 0 Å². The van der Waals surface area contributed by atoms with Crippen LogP contribution in [0.4, 0.5) is 0 Å². The summed E-state index contributed by atoms with van der Waals surface area (Å²) in [4.78, 5) is 0. The third-order valence-corrected chi connectivity index (χ3v) is 5.49. The van der Waals surface area contributed by atoms with Crippen molar-refractivity contribution in [1.29, 1.82) is 0 Å². The highest BCUT2D eigenvalue weighted by atomic mass is 35.5. The van der Waals surface area contributed by atoms with Crippen molar-refractivity contribution in [1.82, 2.24) is 0 Å². The summed E-state index contributed by atoms with van der Waals surface area (Å²) in [6, 6.07) is 19.4. The second kappa shape index (κ2) is 10.7. The predicted octanol–water partition coefficient (Wildman–Crippen LogP) is 3.42. The number of benzene rings is 2. The van der Waals surface area contributed by atoms with Gasteiger partial charge in [-0.1, -0.05) is 60.7 Å². The number of hydrogen-bond donors (Lipinski definition) is 1. The second-order valence-corrected chi connectivity index (χ2v) is 7.76. The number of aliphatic hydroxyl groups excluding tert-OH is 1. The summed E-state index contributed by atoms with van der Waals surface area (Å²) in [5.74, 6) is 0.488. The molecule has 30 heavy (non-hydrogen) atoms. The van der Waals surface area contributed by atoms with Gasteiger partial charge in [0.1, 0.15) is 24.4 Å². The molecule has 0 amide bonds. The molecule has 0 aromatic heterocycles. The van der Waals surface area contributed by atoms with E-state index in [-0.39, 0.29) is 0 Å². The second-order valence-electron chi connectivity index (χ2n) is 7.38. The van der Waals surface area contributed by atoms with E-state index in [9.17, 15) is 5.11 Å². The van der Waals surface area contributed by atoms with E-state index in [1.54, 1.807) is 0 Å². The lowest BCUT2D eigenvalue weighted by molar-refractivity contribution is -0.366. The van der Waals surface area contributed by atoms with Crippen LogP contribution in [-0.4, -0.2) is 54.9 Å². The molecular weight excluding hydrogens is 408 g/mol. The predicted molar refractivity (Wildman–Crippen MR) is 111 cm³/mol. The van der Waals surface area contributed by atoms with Crippen LogP contribution in [-0.2, 0) is 30.3 Å². The number of aliphatic hydroxyl groups is 1. The third kappa shape index (κ3) is 5.21. The zero-order valence-corrected chi connectivity index (χ0v) is 17.4. The number of fused-ring (bicyclic) bond motifs is 1. The van der Waals surface area contributed by atoms with E-state index in [0.717, 1.165) is 11.1 Å². The van der Waals surface area contributed by atoms with E-state index >= 15 is 0 Å². The highest BCUT2D eigenvalue weighted by molar-refractivity contribution is 6.17. The van der Waals surface area contributed by atoms with Crippen molar-refractivity contribution in [3.05, 3.63) is 71.8 Å². The van der Waals surface area contributed by atoms with Gasteiger partial charge in [-0.3, -0.25) is 0 Å². The molecule has 2 aliphatic rings. The van der Waals surface area contributed by atoms with Crippen molar-refractivity contribution in [2.24, 2.45) is 0 Å². The van der Waals surface area contributed by atoms with Gasteiger partial charge in [0.2, 0.25) is 0 Å². The Morgan fingerprint density at radius 3 is 2.43 bits per heavy atom. The molecule has 2 aliphatic heterocycles. The maximum atomic E-state index is 11.1. The zero-order valence-electron chi connectivity index (χ0n) is 16.6. The first-order valence-corrected chi connectivity index (χ1v) is 10.8. The van der Waals surface area contributed by atoms with Crippen LogP contribution >= 0.6 is 11.6 Å². The number of hydrogen-bond acceptors (Lipinski definition) is 6. The standard InChI is InChI=1S/C23H27ClO6/c24-12-7-13-26-23-21(27-14-16-8-3-1-4-9-16)19(25)20-18(29-23)15-28-22(30-20)17-10-5-2-6-11-17/h1-6,8-11,18-23,25H,7,12-15H2/t18-,19+,20+,21-,22?,23-/m1/s1. The summed E-state index contributed by atoms with van der Waals surface area (Å²) in [5, 5.41) is 11.1. The number of ether oxygens (including phenoxy) is 5. The van der Waals surface area contributed by atoms with Crippen molar-refractivity contribution < 1.29 is 28.8 Å². The van der Waals surface area contributed by atoms with E-state index in [4.69, 9.17) is 35.3 Å². The average Bonchev–Trinajstić information content (AvgIpc) is 2.80. The van der Waals surface area contributed by atoms with Crippen LogP contribution < -0.4 is 0 Å². The highest BCUT2D eigenvalue weighted by Crippen LogP contribution is 2.35. The van der Waals surface area contributed by atoms with Gasteiger partial charge in [-0.15, -0.1) is 11.6 Å². The zero-order chi connectivity index (χ0) is 20.8. The first-order chi connectivity index (χ1) is 14.8. The Hall–Kier alpha value is -1.51. The number of alkyl halides is 1. The van der Waals surface area contributed by atoms with E-state index < -0.39 is 37.0 Å². The molecule has 7 heteroatoms. The van der Waals surface area contributed by atoms with Crippen LogP contribution in [0.5, 0.6) is 0 Å². The molecule has 2 saturated heterocycles. The summed E-state index contributed by atoms with van der Waals surface area (Å²) < 4.78 is 29.9. The Bertz CT molecular complexity index is 761. The molecule has 4 rings (SSSR count). The fourth-order valence-electron chi connectivity index (χ4n) is 3.68. The molecule has 0 spiro atoms. The molecule has 0 aliphatic carbocycles. The first-order valence-electron chi connectivity index (χ1n) is 10.2. The summed E-state index contributed by atoms with van der Waals surface area (Å²) >= 11 is 5.77. The molecule has 0 saturated carbocycles. The quantitative estimate of drug-likeness (QED) is 0.507. The van der Waals surface area contributed by atoms with Gasteiger partial charge >= 0.3 is 0 Å². The van der Waals surface area contributed by atoms with Gasteiger partial charge in [-0.25, -0.2) is 0 Å². The lowest BCUT2D eigenvalue weighted by Crippen LogP contribution is -2.62. The Morgan fingerprint density at radius 2 is 1.70 bits per heavy atom. The molecule has 1 unspecified atom stereocenters. The normalized spacial score (nSPS) is 31.3. The van der Waals surface area contributed by atoms with Gasteiger partial charge in [0, 0.05) is 11.4 Å². The smallest absolute Gasteiger partial charge is 0.186 e. The summed E-state index contributed by atoms with van der Waals surface area (Å²) in [6.45, 7) is 1.04. The Labute approximate surface area is 181 Å². The molecule has 2 aromatic carbocycles. The van der Waals surface area contributed by atoms with Crippen molar-refractivity contribution in [3.8, 4) is 0 Å². The average molecular weight is 435 g/mol. The van der Waals surface area contributed by atoms with Gasteiger partial charge < -0.3 is 28.8 Å². The maximum Gasteiger partial charge on any atom is 0.186 e. The van der Waals surface area contributed by atoms with Crippen molar-refractivity contribution in [2.45, 2.75) is 50.0 Å². The van der Waals surface area contributed by atoms with Crippen LogP contribution in [0, 0.1) is 0 Å². The van der Waals surface area contributed by atoms with E-state index in [1.807, 2.05) is 60.7 Å². The number of halogens is 1. The Balaban J connectivity index is 1.46. The largest absolute Gasteiger partial charge is 0.387 e. The molecule has 2 heterocycles. The van der Waals surface area contributed by atoms with Crippen molar-refractivity contribution in [3.63, 3.8) is 0 Å². The molecular formula is C23H27ClO6. The fourth-order valence-corrected chi connectivity index (χ4v) is 3.79. The minimum absolute atomic E-state index is 0.294. The fraction of sp³-hybridized carbons (Fsp3) is 0.478. The molecule has 2 fully saturated rings. The maximum absolute atomic E-state index is 11.1. The highest BCUT2D eigenvalue weighted by Gasteiger charge is 2.50. The Kier molecular flexibility index (Phi) is 7.73. The van der Waals surface area contributed by atoms with Crippen molar-refractivity contribution >= 4 is 11.6 Å². The van der Waals surface area contributed by atoms with Crippen LogP contribution in [0.3, 0.4) is 0 Å². The third-order valence-electron chi connectivity index (χ3n) is 5.23. The molecule has 1 N–H and O–H groups in total. The summed E-state index contributed by atoms with van der Waals surface area (Å²) in [6.07, 6.45) is -3.27. The lowest BCUT2D eigenvalue weighted by Gasteiger charge is -2.47. The topological polar surface area (TPSA) is 66.4 Å². The monoisotopic (exact) mass is 434 g/mol. The van der Waals surface area contributed by atoms with Gasteiger partial charge in [-0.05, 0) is 12.0 Å². The molecule has 6 nitrogen and oxygen atoms in total. The molecule has 162 valence electrons. The van der Waals surface area contributed by atoms with Gasteiger partial charge in [0.15, 0.2) is 12.6 Å². The van der Waals surface area contributed by atoms with Crippen LogP contribution in [0.2, 0.25) is 0 Å². The molecule has 0 radical (unpaired) electrons. The van der Waals surface area contributed by atoms with E-state index in [2.05, 4.69) is 0 Å². The van der Waals surface area contributed by atoms with E-state index in [1.165, 1.54) is 0 Å². The molecule has 2 aromatic rings. The SMILES string of the molecule is O[C@H]1[C@H]2OC(c3ccccc3)OC[C@H]2O[C@@H](OCCCCl)[C@@H]1OCc1ccccc1. The van der Waals surface area contributed by atoms with Crippen LogP contribution in [0.1, 0.15) is 23.8 Å². The lowest BCUT2D eigenvalue weighted by atomic mass is 9.97. The molecule has 6 atom stereocenters. The van der Waals surface area contributed by atoms with Crippen LogP contribution in [0.25, 0.3) is 0 Å². The minimum Gasteiger partial charge on any atom is -0.387 e. The Morgan fingerprint density at radius 1 is 0.967 bits per heavy atom. The van der Waals surface area contributed by atoms with Gasteiger partial charge in [0.05, 0.1) is 19.8 Å². The van der Waals surface area contributed by atoms with E-state index in [0.29, 0.717) is 32.1 Å². The van der Waals surface area contributed by atoms with Gasteiger partial charge in [0.25, 0.3) is 0 Å². The van der Waals surface area contributed by atoms with Crippen molar-refractivity contribution in [2.75, 3.05) is 19.1 Å². The minimum atomic E-state index is -0.927. The number of rotatable bonds is 8. The summed E-state index contributed by atoms with van der Waals surface area (Å²) in [7, 11) is 0.